The maximum Gasteiger partial charge on any atom is 0.241 e. The van der Waals surface area contributed by atoms with Gasteiger partial charge in [0.05, 0.1) is 6.54 Å². The van der Waals surface area contributed by atoms with Crippen molar-refractivity contribution in [1.82, 2.24) is 20.4 Å². The van der Waals surface area contributed by atoms with Crippen molar-refractivity contribution >= 4 is 11.3 Å². The van der Waals surface area contributed by atoms with E-state index in [1.165, 1.54) is 25.7 Å². The summed E-state index contributed by atoms with van der Waals surface area (Å²) in [5.74, 6) is 1.45. The molecule has 2 saturated heterocycles. The first kappa shape index (κ1) is 13.4. The summed E-state index contributed by atoms with van der Waals surface area (Å²) in [6.07, 6.45) is 5.15. The largest absolute Gasteiger partial charge is 0.338 e. The van der Waals surface area contributed by atoms with Gasteiger partial charge in [-0.25, -0.2) is 0 Å². The molecule has 0 spiro atoms. The van der Waals surface area contributed by atoms with Crippen molar-refractivity contribution in [1.29, 1.82) is 0 Å². The number of hydrogen-bond acceptors (Lipinski definition) is 6. The summed E-state index contributed by atoms with van der Waals surface area (Å²) in [5.41, 5.74) is 1.05. The van der Waals surface area contributed by atoms with Gasteiger partial charge in [0.1, 0.15) is 0 Å². The van der Waals surface area contributed by atoms with E-state index in [0.29, 0.717) is 17.9 Å². The molecule has 2 aliphatic rings. The lowest BCUT2D eigenvalue weighted by molar-refractivity contribution is 0.182. The molecule has 0 aliphatic carbocycles. The average Bonchev–Trinajstić information content (AvgIpc) is 3.28. The van der Waals surface area contributed by atoms with E-state index in [1.807, 2.05) is 11.4 Å². The molecule has 6 heteroatoms. The molecule has 2 aliphatic heterocycles. The molecule has 0 bridgehead atoms. The van der Waals surface area contributed by atoms with Crippen LogP contribution in [0.5, 0.6) is 0 Å². The van der Waals surface area contributed by atoms with Gasteiger partial charge in [-0.15, -0.1) is 0 Å². The third-order valence-electron chi connectivity index (χ3n) is 4.56. The van der Waals surface area contributed by atoms with Crippen molar-refractivity contribution in [2.75, 3.05) is 13.1 Å². The fourth-order valence-corrected chi connectivity index (χ4v) is 4.18. The highest BCUT2D eigenvalue weighted by Gasteiger charge is 2.33. The van der Waals surface area contributed by atoms with E-state index in [0.717, 1.165) is 31.1 Å². The maximum atomic E-state index is 5.44. The minimum Gasteiger partial charge on any atom is -0.338 e. The number of hydrogen-bond donors (Lipinski definition) is 1. The van der Waals surface area contributed by atoms with Crippen LogP contribution in [-0.2, 0) is 6.54 Å². The van der Waals surface area contributed by atoms with Gasteiger partial charge in [-0.3, -0.25) is 4.90 Å². The number of rotatable bonds is 4. The highest BCUT2D eigenvalue weighted by molar-refractivity contribution is 7.08. The lowest BCUT2D eigenvalue weighted by Crippen LogP contribution is -2.43. The molecule has 2 aromatic heterocycles. The standard InChI is InChI=1S/C15H20N4OS/c1-3-12(16-6-1)13-4-2-7-19(13)9-14-17-15(18-20-14)11-5-8-21-10-11/h5,8,10,12-13,16H,1-4,6-7,9H2. The molecule has 5 nitrogen and oxygen atoms in total. The van der Waals surface area contributed by atoms with E-state index in [-0.39, 0.29) is 0 Å². The fourth-order valence-electron chi connectivity index (χ4n) is 3.55. The van der Waals surface area contributed by atoms with Gasteiger partial charge in [0.15, 0.2) is 0 Å². The van der Waals surface area contributed by atoms with E-state index >= 15 is 0 Å². The lowest BCUT2D eigenvalue weighted by atomic mass is 10.0. The Morgan fingerprint density at radius 1 is 1.38 bits per heavy atom. The Hall–Kier alpha value is -1.24. The van der Waals surface area contributed by atoms with Crippen LogP contribution in [0.25, 0.3) is 11.4 Å². The summed E-state index contributed by atoms with van der Waals surface area (Å²) >= 11 is 1.65. The molecule has 0 amide bonds. The Bertz CT molecular complexity index is 576. The Labute approximate surface area is 128 Å². The molecule has 0 saturated carbocycles. The summed E-state index contributed by atoms with van der Waals surface area (Å²) in [7, 11) is 0. The maximum absolute atomic E-state index is 5.44. The SMILES string of the molecule is c1cc(-c2noc(CN3CCCC3C3CCCN3)n2)cs1. The van der Waals surface area contributed by atoms with Gasteiger partial charge in [0.25, 0.3) is 0 Å². The predicted octanol–water partition coefficient (Wildman–Crippen LogP) is 2.51. The molecule has 0 aromatic carbocycles. The first-order chi connectivity index (χ1) is 10.4. The summed E-state index contributed by atoms with van der Waals surface area (Å²) < 4.78 is 5.44. The van der Waals surface area contributed by atoms with E-state index in [1.54, 1.807) is 11.3 Å². The van der Waals surface area contributed by atoms with Crippen LogP contribution < -0.4 is 5.32 Å². The number of nitrogens with one attached hydrogen (secondary N) is 1. The monoisotopic (exact) mass is 304 g/mol. The molecule has 2 fully saturated rings. The van der Waals surface area contributed by atoms with Gasteiger partial charge < -0.3 is 9.84 Å². The summed E-state index contributed by atoms with van der Waals surface area (Å²) in [6.45, 7) is 3.08. The normalized spacial score (nSPS) is 26.7. The minimum atomic E-state index is 0.629. The summed E-state index contributed by atoms with van der Waals surface area (Å²) in [4.78, 5) is 7.05. The molecule has 4 rings (SSSR count). The van der Waals surface area contributed by atoms with Crippen molar-refractivity contribution in [2.45, 2.75) is 44.3 Å². The van der Waals surface area contributed by atoms with Gasteiger partial charge >= 0.3 is 0 Å². The van der Waals surface area contributed by atoms with Gasteiger partial charge in [0, 0.05) is 23.0 Å². The first-order valence-corrected chi connectivity index (χ1v) is 8.67. The van der Waals surface area contributed by atoms with E-state index in [2.05, 4.69) is 25.7 Å². The van der Waals surface area contributed by atoms with E-state index < -0.39 is 0 Å². The lowest BCUT2D eigenvalue weighted by Gasteiger charge is -2.28. The molecule has 21 heavy (non-hydrogen) atoms. The highest BCUT2D eigenvalue weighted by atomic mass is 32.1. The second kappa shape index (κ2) is 5.87. The van der Waals surface area contributed by atoms with Crippen LogP contribution >= 0.6 is 11.3 Å². The molecular weight excluding hydrogens is 284 g/mol. The molecule has 2 aromatic rings. The smallest absolute Gasteiger partial charge is 0.241 e. The van der Waals surface area contributed by atoms with E-state index in [9.17, 15) is 0 Å². The zero-order valence-corrected chi connectivity index (χ0v) is 12.8. The second-order valence-electron chi connectivity index (χ2n) is 5.91. The Morgan fingerprint density at radius 2 is 2.38 bits per heavy atom. The van der Waals surface area contributed by atoms with Crippen LogP contribution in [0, 0.1) is 0 Å². The average molecular weight is 304 g/mol. The second-order valence-corrected chi connectivity index (χ2v) is 6.69. The first-order valence-electron chi connectivity index (χ1n) is 7.73. The predicted molar refractivity (Wildman–Crippen MR) is 82.1 cm³/mol. The number of nitrogens with zero attached hydrogens (tertiary/aromatic N) is 3. The van der Waals surface area contributed by atoms with Crippen LogP contribution in [0.3, 0.4) is 0 Å². The molecule has 1 N–H and O–H groups in total. The number of aromatic nitrogens is 2. The zero-order valence-electron chi connectivity index (χ0n) is 12.0. The van der Waals surface area contributed by atoms with Crippen LogP contribution in [0.4, 0.5) is 0 Å². The van der Waals surface area contributed by atoms with E-state index in [4.69, 9.17) is 4.52 Å². The van der Waals surface area contributed by atoms with Crippen molar-refractivity contribution < 1.29 is 4.52 Å². The van der Waals surface area contributed by atoms with Crippen molar-refractivity contribution in [2.24, 2.45) is 0 Å². The quantitative estimate of drug-likeness (QED) is 0.940. The number of thiophene rings is 1. The summed E-state index contributed by atoms with van der Waals surface area (Å²) in [6, 6.07) is 3.30. The van der Waals surface area contributed by atoms with Crippen LogP contribution in [0.1, 0.15) is 31.6 Å². The molecular formula is C15H20N4OS. The van der Waals surface area contributed by atoms with Gasteiger partial charge in [0.2, 0.25) is 11.7 Å². The topological polar surface area (TPSA) is 54.2 Å². The van der Waals surface area contributed by atoms with Gasteiger partial charge in [-0.2, -0.15) is 16.3 Å². The zero-order chi connectivity index (χ0) is 14.1. The fraction of sp³-hybridized carbons (Fsp3) is 0.600. The third kappa shape index (κ3) is 2.75. The summed E-state index contributed by atoms with van der Waals surface area (Å²) in [5, 5.41) is 11.8. The van der Waals surface area contributed by atoms with Crippen molar-refractivity contribution in [3.05, 3.63) is 22.7 Å². The number of likely N-dealkylation sites (tertiary alicyclic amines) is 1. The van der Waals surface area contributed by atoms with Crippen molar-refractivity contribution in [3.63, 3.8) is 0 Å². The van der Waals surface area contributed by atoms with Crippen molar-refractivity contribution in [3.8, 4) is 11.4 Å². The minimum absolute atomic E-state index is 0.629. The third-order valence-corrected chi connectivity index (χ3v) is 5.25. The molecule has 4 heterocycles. The molecule has 0 radical (unpaired) electrons. The van der Waals surface area contributed by atoms with Crippen LogP contribution in [-0.4, -0.2) is 40.2 Å². The molecule has 2 atom stereocenters. The van der Waals surface area contributed by atoms with Crippen LogP contribution in [0.2, 0.25) is 0 Å². The Morgan fingerprint density at radius 3 is 3.19 bits per heavy atom. The molecule has 2 unspecified atom stereocenters. The Balaban J connectivity index is 1.45. The van der Waals surface area contributed by atoms with Crippen LogP contribution in [0.15, 0.2) is 21.3 Å². The van der Waals surface area contributed by atoms with Gasteiger partial charge in [-0.05, 0) is 50.2 Å². The Kier molecular flexibility index (Phi) is 3.75. The van der Waals surface area contributed by atoms with Gasteiger partial charge in [-0.1, -0.05) is 5.16 Å². The molecule has 112 valence electrons. The highest BCUT2D eigenvalue weighted by Crippen LogP contribution is 2.27.